The van der Waals surface area contributed by atoms with E-state index in [0.29, 0.717) is 31.0 Å². The summed E-state index contributed by atoms with van der Waals surface area (Å²) >= 11 is 5.92. The van der Waals surface area contributed by atoms with Gasteiger partial charge in [0.1, 0.15) is 5.52 Å². The summed E-state index contributed by atoms with van der Waals surface area (Å²) in [4.78, 5) is 36.8. The van der Waals surface area contributed by atoms with E-state index in [-0.39, 0.29) is 22.0 Å². The number of hydrogen-bond donors (Lipinski definition) is 1. The van der Waals surface area contributed by atoms with Crippen molar-refractivity contribution in [1.82, 2.24) is 24.1 Å². The minimum atomic E-state index is -0.379. The van der Waals surface area contributed by atoms with Gasteiger partial charge >= 0.3 is 5.69 Å². The molecule has 1 aromatic carbocycles. The fourth-order valence-electron chi connectivity index (χ4n) is 3.51. The van der Waals surface area contributed by atoms with E-state index in [2.05, 4.69) is 15.0 Å². The van der Waals surface area contributed by atoms with Crippen molar-refractivity contribution < 1.29 is 4.42 Å². The van der Waals surface area contributed by atoms with Crippen molar-refractivity contribution in [3.05, 3.63) is 56.3 Å². The van der Waals surface area contributed by atoms with Crippen LogP contribution in [0.4, 0.5) is 0 Å². The summed E-state index contributed by atoms with van der Waals surface area (Å²) in [5.41, 5.74) is 1.52. The first-order valence-electron chi connectivity index (χ1n) is 9.81. The molecular weight excluding hydrogens is 394 g/mol. The first-order valence-corrected chi connectivity index (χ1v) is 10.2. The molecule has 0 unspecified atom stereocenters. The van der Waals surface area contributed by atoms with Gasteiger partial charge in [0.2, 0.25) is 5.28 Å². The van der Waals surface area contributed by atoms with Gasteiger partial charge in [-0.05, 0) is 43.0 Å². The smallest absolute Gasteiger partial charge is 0.332 e. The second-order valence-electron chi connectivity index (χ2n) is 7.00. The molecule has 0 spiro atoms. The number of H-pyrrole nitrogens is 1. The normalized spacial score (nSPS) is 11.7. The molecule has 4 rings (SSSR count). The molecule has 0 radical (unpaired) electrons. The summed E-state index contributed by atoms with van der Waals surface area (Å²) in [5, 5.41) is 0.109. The summed E-state index contributed by atoms with van der Waals surface area (Å²) < 4.78 is 8.50. The minimum Gasteiger partial charge on any atom is -0.441 e. The zero-order valence-corrected chi connectivity index (χ0v) is 16.9. The third kappa shape index (κ3) is 3.85. The van der Waals surface area contributed by atoms with Crippen molar-refractivity contribution in [1.29, 1.82) is 0 Å². The Hall–Kier alpha value is -2.87. The fraction of sp³-hybridized carbons (Fsp3) is 0.400. The van der Waals surface area contributed by atoms with Crippen LogP contribution in [0.15, 0.2) is 38.3 Å². The largest absolute Gasteiger partial charge is 0.441 e. The number of oxazole rings is 1. The van der Waals surface area contributed by atoms with Crippen molar-refractivity contribution in [2.45, 2.75) is 52.1 Å². The number of hydrogen-bond acceptors (Lipinski definition) is 5. The van der Waals surface area contributed by atoms with Crippen LogP contribution in [0.25, 0.3) is 22.3 Å². The molecule has 9 heteroatoms. The van der Waals surface area contributed by atoms with Crippen LogP contribution in [-0.4, -0.2) is 24.1 Å². The maximum atomic E-state index is 12.8. The molecule has 0 aliphatic rings. The SMILES string of the molecule is CCCn1c(=O)n(CCCCCc2nc3ccccc3o2)c(=O)c2[nH]c(Cl)nc21. The van der Waals surface area contributed by atoms with Gasteiger partial charge in [-0.3, -0.25) is 13.9 Å². The Bertz CT molecular complexity index is 1230. The van der Waals surface area contributed by atoms with Gasteiger partial charge < -0.3 is 9.40 Å². The zero-order valence-electron chi connectivity index (χ0n) is 16.2. The summed E-state index contributed by atoms with van der Waals surface area (Å²) in [6, 6.07) is 7.68. The highest BCUT2D eigenvalue weighted by Gasteiger charge is 2.16. The Labute approximate surface area is 171 Å². The molecule has 3 aromatic heterocycles. The number of halogens is 1. The van der Waals surface area contributed by atoms with E-state index in [1.165, 1.54) is 9.13 Å². The Balaban J connectivity index is 1.44. The molecule has 29 heavy (non-hydrogen) atoms. The van der Waals surface area contributed by atoms with E-state index in [9.17, 15) is 9.59 Å². The molecule has 0 amide bonds. The molecule has 1 N–H and O–H groups in total. The maximum absolute atomic E-state index is 12.8. The van der Waals surface area contributed by atoms with E-state index < -0.39 is 0 Å². The second kappa shape index (κ2) is 8.24. The van der Waals surface area contributed by atoms with Gasteiger partial charge in [-0.2, -0.15) is 4.98 Å². The molecule has 0 saturated carbocycles. The van der Waals surface area contributed by atoms with Gasteiger partial charge in [0, 0.05) is 19.5 Å². The monoisotopic (exact) mass is 415 g/mol. The van der Waals surface area contributed by atoms with Crippen molar-refractivity contribution in [2.75, 3.05) is 0 Å². The second-order valence-corrected chi connectivity index (χ2v) is 7.36. The van der Waals surface area contributed by atoms with Gasteiger partial charge in [-0.15, -0.1) is 0 Å². The first-order chi connectivity index (χ1) is 14.1. The lowest BCUT2D eigenvalue weighted by Gasteiger charge is -2.10. The highest BCUT2D eigenvalue weighted by molar-refractivity contribution is 6.28. The Morgan fingerprint density at radius 2 is 1.90 bits per heavy atom. The van der Waals surface area contributed by atoms with E-state index in [0.717, 1.165) is 36.8 Å². The molecule has 3 heterocycles. The average molecular weight is 416 g/mol. The topological polar surface area (TPSA) is 98.7 Å². The number of unbranched alkanes of at least 4 members (excludes halogenated alkanes) is 2. The number of nitrogens with one attached hydrogen (secondary N) is 1. The Kier molecular flexibility index (Phi) is 5.53. The Morgan fingerprint density at radius 1 is 1.07 bits per heavy atom. The predicted octanol–water partition coefficient (Wildman–Crippen LogP) is 3.50. The van der Waals surface area contributed by atoms with E-state index in [4.69, 9.17) is 16.0 Å². The van der Waals surface area contributed by atoms with Crippen LogP contribution in [0.3, 0.4) is 0 Å². The number of rotatable bonds is 8. The number of nitrogens with zero attached hydrogens (tertiary/aromatic N) is 4. The summed E-state index contributed by atoms with van der Waals surface area (Å²) in [6.07, 6.45) is 3.89. The van der Waals surface area contributed by atoms with Crippen molar-refractivity contribution in [2.24, 2.45) is 0 Å². The van der Waals surface area contributed by atoms with E-state index >= 15 is 0 Å². The van der Waals surface area contributed by atoms with Crippen LogP contribution in [0.5, 0.6) is 0 Å². The third-order valence-electron chi connectivity index (χ3n) is 4.89. The number of fused-ring (bicyclic) bond motifs is 2. The van der Waals surface area contributed by atoms with Gasteiger partial charge in [0.05, 0.1) is 0 Å². The van der Waals surface area contributed by atoms with Gasteiger partial charge in [-0.25, -0.2) is 9.78 Å². The van der Waals surface area contributed by atoms with Crippen LogP contribution in [0.2, 0.25) is 5.28 Å². The van der Waals surface area contributed by atoms with Gasteiger partial charge in [-0.1, -0.05) is 25.5 Å². The molecule has 0 fully saturated rings. The number of imidazole rings is 1. The minimum absolute atomic E-state index is 0.109. The van der Waals surface area contributed by atoms with Crippen LogP contribution < -0.4 is 11.2 Å². The lowest BCUT2D eigenvalue weighted by atomic mass is 10.2. The highest BCUT2D eigenvalue weighted by Crippen LogP contribution is 2.16. The number of aromatic nitrogens is 5. The quantitative estimate of drug-likeness (QED) is 0.350. The van der Waals surface area contributed by atoms with Crippen molar-refractivity contribution in [3.63, 3.8) is 0 Å². The molecule has 0 aliphatic heterocycles. The molecule has 4 aromatic rings. The lowest BCUT2D eigenvalue weighted by molar-refractivity contribution is 0.490. The molecule has 152 valence electrons. The standard InChI is InChI=1S/C20H22ClN5O3/c1-2-11-25-17-16(23-19(21)24-17)18(27)26(20(25)28)12-7-3-4-10-15-22-13-8-5-6-9-14(13)29-15/h5-6,8-9H,2-4,7,10-12H2,1H3,(H,23,24). The summed E-state index contributed by atoms with van der Waals surface area (Å²) in [5.74, 6) is 0.710. The lowest BCUT2D eigenvalue weighted by Crippen LogP contribution is -2.40. The number of benzene rings is 1. The maximum Gasteiger partial charge on any atom is 0.332 e. The van der Waals surface area contributed by atoms with Crippen molar-refractivity contribution in [3.8, 4) is 0 Å². The van der Waals surface area contributed by atoms with E-state index in [1.54, 1.807) is 0 Å². The van der Waals surface area contributed by atoms with Crippen LogP contribution in [0, 0.1) is 0 Å². The average Bonchev–Trinajstić information content (AvgIpc) is 3.30. The number of para-hydroxylation sites is 2. The van der Waals surface area contributed by atoms with Crippen LogP contribution in [-0.2, 0) is 19.5 Å². The summed E-state index contributed by atoms with van der Waals surface area (Å²) in [7, 11) is 0. The van der Waals surface area contributed by atoms with Crippen molar-refractivity contribution >= 4 is 33.9 Å². The van der Waals surface area contributed by atoms with Crippen LogP contribution >= 0.6 is 11.6 Å². The zero-order chi connectivity index (χ0) is 20.4. The third-order valence-corrected chi connectivity index (χ3v) is 5.07. The predicted molar refractivity (Wildman–Crippen MR) is 111 cm³/mol. The Morgan fingerprint density at radius 3 is 2.69 bits per heavy atom. The highest BCUT2D eigenvalue weighted by atomic mass is 35.5. The molecule has 8 nitrogen and oxygen atoms in total. The summed E-state index contributed by atoms with van der Waals surface area (Å²) in [6.45, 7) is 2.80. The van der Waals surface area contributed by atoms with E-state index in [1.807, 2.05) is 31.2 Å². The fourth-order valence-corrected chi connectivity index (χ4v) is 3.69. The molecule has 0 bridgehead atoms. The number of aromatic amines is 1. The molecular formula is C20H22ClN5O3. The first kappa shape index (κ1) is 19.4. The molecule has 0 aliphatic carbocycles. The van der Waals surface area contributed by atoms with Crippen LogP contribution in [0.1, 0.15) is 38.5 Å². The number of aryl methyl sites for hydroxylation is 2. The molecule has 0 atom stereocenters. The van der Waals surface area contributed by atoms with Gasteiger partial charge in [0.15, 0.2) is 22.6 Å². The molecule has 0 saturated heterocycles. The van der Waals surface area contributed by atoms with Gasteiger partial charge in [0.25, 0.3) is 5.56 Å².